The van der Waals surface area contributed by atoms with Crippen LogP contribution < -0.4 is 10.6 Å². The van der Waals surface area contributed by atoms with E-state index in [9.17, 15) is 0 Å². The van der Waals surface area contributed by atoms with E-state index >= 15 is 0 Å². The first-order chi connectivity index (χ1) is 15.1. The van der Waals surface area contributed by atoms with Gasteiger partial charge in [0.1, 0.15) is 5.65 Å². The minimum absolute atomic E-state index is 0. The average molecular weight is 547 g/mol. The molecule has 32 heavy (non-hydrogen) atoms. The Morgan fingerprint density at radius 1 is 1.09 bits per heavy atom. The number of piperidine rings is 1. The molecular weight excluding hydrogens is 511 g/mol. The number of nitrogens with one attached hydrogen (secondary N) is 2. The predicted molar refractivity (Wildman–Crippen MR) is 143 cm³/mol. The zero-order chi connectivity index (χ0) is 21.6. The molecule has 0 saturated carbocycles. The molecule has 0 atom stereocenters. The maximum atomic E-state index is 4.81. The zero-order valence-electron chi connectivity index (χ0n) is 19.3. The van der Waals surface area contributed by atoms with Crippen LogP contribution in [0.2, 0.25) is 0 Å². The van der Waals surface area contributed by atoms with Crippen LogP contribution in [0, 0.1) is 13.8 Å². The van der Waals surface area contributed by atoms with Crippen molar-refractivity contribution in [3.05, 3.63) is 71.2 Å². The second-order valence-corrected chi connectivity index (χ2v) is 8.44. The third-order valence-electron chi connectivity index (χ3n) is 6.07. The van der Waals surface area contributed by atoms with Gasteiger partial charge in [-0.2, -0.15) is 0 Å². The molecule has 4 rings (SSSR count). The maximum absolute atomic E-state index is 4.81. The van der Waals surface area contributed by atoms with Crippen molar-refractivity contribution in [1.29, 1.82) is 0 Å². The predicted octanol–water partition coefficient (Wildman–Crippen LogP) is 4.29. The van der Waals surface area contributed by atoms with Crippen molar-refractivity contribution in [2.75, 3.05) is 19.6 Å². The van der Waals surface area contributed by atoms with Crippen LogP contribution in [0.25, 0.3) is 5.65 Å². The first kappa shape index (κ1) is 24.5. The fourth-order valence-electron chi connectivity index (χ4n) is 4.21. The summed E-state index contributed by atoms with van der Waals surface area (Å²) < 4.78 is 2.12. The van der Waals surface area contributed by atoms with E-state index < -0.39 is 0 Å². The Kier molecular flexibility index (Phi) is 8.92. The first-order valence-electron chi connectivity index (χ1n) is 11.4. The number of fused-ring (bicyclic) bond motifs is 1. The van der Waals surface area contributed by atoms with E-state index in [2.05, 4.69) is 77.2 Å². The van der Waals surface area contributed by atoms with E-state index in [0.717, 1.165) is 56.3 Å². The lowest BCUT2D eigenvalue weighted by molar-refractivity contribution is 0.198. The Balaban J connectivity index is 0.00000289. The highest BCUT2D eigenvalue weighted by Gasteiger charge is 2.20. The molecule has 0 radical (unpaired) electrons. The summed E-state index contributed by atoms with van der Waals surface area (Å²) in [7, 11) is 0. The van der Waals surface area contributed by atoms with Crippen LogP contribution in [-0.2, 0) is 13.1 Å². The van der Waals surface area contributed by atoms with Crippen molar-refractivity contribution in [2.24, 2.45) is 4.99 Å². The van der Waals surface area contributed by atoms with Gasteiger partial charge >= 0.3 is 0 Å². The molecule has 2 N–H and O–H groups in total. The summed E-state index contributed by atoms with van der Waals surface area (Å²) >= 11 is 0. The highest BCUT2D eigenvalue weighted by Crippen LogP contribution is 2.16. The lowest BCUT2D eigenvalue weighted by atomic mass is 10.0. The summed E-state index contributed by atoms with van der Waals surface area (Å²) in [6.07, 6.45) is 4.34. The molecule has 172 valence electrons. The Bertz CT molecular complexity index is 1040. The fourth-order valence-corrected chi connectivity index (χ4v) is 4.21. The largest absolute Gasteiger partial charge is 0.357 e. The molecule has 0 amide bonds. The number of aliphatic imine (C=N–C) groups is 1. The van der Waals surface area contributed by atoms with Gasteiger partial charge in [0.2, 0.25) is 0 Å². The second kappa shape index (κ2) is 11.7. The molecule has 1 aromatic carbocycles. The van der Waals surface area contributed by atoms with Crippen molar-refractivity contribution >= 4 is 35.6 Å². The first-order valence-corrected chi connectivity index (χ1v) is 11.4. The van der Waals surface area contributed by atoms with Crippen LogP contribution in [0.4, 0.5) is 0 Å². The van der Waals surface area contributed by atoms with Gasteiger partial charge in [-0.25, -0.2) is 9.98 Å². The number of benzene rings is 1. The average Bonchev–Trinajstić information content (AvgIpc) is 3.20. The summed E-state index contributed by atoms with van der Waals surface area (Å²) in [4.78, 5) is 12.1. The van der Waals surface area contributed by atoms with Crippen LogP contribution in [0.1, 0.15) is 42.3 Å². The Hall–Kier alpha value is -2.13. The number of pyridine rings is 1. The lowest BCUT2D eigenvalue weighted by Gasteiger charge is -2.33. The van der Waals surface area contributed by atoms with Gasteiger partial charge in [-0.1, -0.05) is 30.3 Å². The van der Waals surface area contributed by atoms with Gasteiger partial charge in [0.25, 0.3) is 0 Å². The second-order valence-electron chi connectivity index (χ2n) is 8.44. The third kappa shape index (κ3) is 6.22. The molecule has 0 aliphatic carbocycles. The molecule has 3 aromatic rings. The van der Waals surface area contributed by atoms with Crippen molar-refractivity contribution in [3.63, 3.8) is 0 Å². The van der Waals surface area contributed by atoms with E-state index in [0.29, 0.717) is 12.6 Å². The molecule has 1 aliphatic rings. The number of hydrogen-bond acceptors (Lipinski definition) is 3. The van der Waals surface area contributed by atoms with Crippen molar-refractivity contribution in [3.8, 4) is 0 Å². The molecule has 0 unspecified atom stereocenters. The molecule has 3 heterocycles. The lowest BCUT2D eigenvalue weighted by Crippen LogP contribution is -2.48. The summed E-state index contributed by atoms with van der Waals surface area (Å²) in [5.41, 5.74) is 5.96. The van der Waals surface area contributed by atoms with Crippen LogP contribution in [0.5, 0.6) is 0 Å². The van der Waals surface area contributed by atoms with E-state index in [1.807, 2.05) is 12.1 Å². The number of halogens is 1. The quantitative estimate of drug-likeness (QED) is 0.275. The molecule has 1 fully saturated rings. The van der Waals surface area contributed by atoms with Crippen LogP contribution >= 0.6 is 24.0 Å². The SMILES string of the molecule is CCNC(=NCc1cn2c(C)cccc2n1)NC1CCN(Cc2ccccc2C)CC1.I. The number of nitrogens with zero attached hydrogens (tertiary/aromatic N) is 4. The van der Waals surface area contributed by atoms with Gasteiger partial charge in [0.05, 0.1) is 12.2 Å². The molecule has 0 spiro atoms. The number of likely N-dealkylation sites (tertiary alicyclic amines) is 1. The summed E-state index contributed by atoms with van der Waals surface area (Å²) in [6, 6.07) is 15.3. The van der Waals surface area contributed by atoms with E-state index in [1.54, 1.807) is 0 Å². The van der Waals surface area contributed by atoms with Crippen LogP contribution in [0.3, 0.4) is 0 Å². The van der Waals surface area contributed by atoms with Crippen LogP contribution in [-0.4, -0.2) is 45.9 Å². The van der Waals surface area contributed by atoms with Gasteiger partial charge in [0.15, 0.2) is 5.96 Å². The van der Waals surface area contributed by atoms with Crippen molar-refractivity contribution in [1.82, 2.24) is 24.9 Å². The molecule has 6 nitrogen and oxygen atoms in total. The van der Waals surface area contributed by atoms with Crippen molar-refractivity contribution in [2.45, 2.75) is 52.7 Å². The van der Waals surface area contributed by atoms with Gasteiger partial charge in [-0.05, 0) is 56.9 Å². The van der Waals surface area contributed by atoms with Gasteiger partial charge in [0, 0.05) is 44.1 Å². The highest BCUT2D eigenvalue weighted by atomic mass is 127. The van der Waals surface area contributed by atoms with Gasteiger partial charge in [-0.3, -0.25) is 4.90 Å². The summed E-state index contributed by atoms with van der Waals surface area (Å²) in [5, 5.41) is 7.04. The molecular formula is C25H35IN6. The highest BCUT2D eigenvalue weighted by molar-refractivity contribution is 14.0. The monoisotopic (exact) mass is 546 g/mol. The van der Waals surface area contributed by atoms with Gasteiger partial charge < -0.3 is 15.0 Å². The Labute approximate surface area is 208 Å². The minimum atomic E-state index is 0. The molecule has 1 saturated heterocycles. The topological polar surface area (TPSA) is 57.0 Å². The van der Waals surface area contributed by atoms with Crippen LogP contribution in [0.15, 0.2) is 53.7 Å². The Morgan fingerprint density at radius 3 is 2.59 bits per heavy atom. The number of imidazole rings is 1. The van der Waals surface area contributed by atoms with E-state index in [4.69, 9.17) is 9.98 Å². The smallest absolute Gasteiger partial charge is 0.191 e. The fraction of sp³-hybridized carbons (Fsp3) is 0.440. The Morgan fingerprint density at radius 2 is 1.88 bits per heavy atom. The standard InChI is InChI=1S/C25H34N6.HI/c1-4-26-25(27-16-23-18-31-20(3)9-7-11-24(31)28-23)29-22-12-14-30(15-13-22)17-21-10-6-5-8-19(21)2;/h5-11,18,22H,4,12-17H2,1-3H3,(H2,26,27,29);1H. The van der Waals surface area contributed by atoms with Crippen molar-refractivity contribution < 1.29 is 0 Å². The number of aryl methyl sites for hydroxylation is 2. The summed E-state index contributed by atoms with van der Waals surface area (Å²) in [6.45, 7) is 11.1. The molecule has 7 heteroatoms. The number of hydrogen-bond donors (Lipinski definition) is 2. The normalized spacial score (nSPS) is 15.5. The number of guanidine groups is 1. The van der Waals surface area contributed by atoms with E-state index in [-0.39, 0.29) is 24.0 Å². The minimum Gasteiger partial charge on any atom is -0.357 e. The number of rotatable bonds is 6. The molecule has 1 aliphatic heterocycles. The third-order valence-corrected chi connectivity index (χ3v) is 6.07. The summed E-state index contributed by atoms with van der Waals surface area (Å²) in [5.74, 6) is 0.883. The van der Waals surface area contributed by atoms with E-state index in [1.165, 1.54) is 16.8 Å². The number of aromatic nitrogens is 2. The maximum Gasteiger partial charge on any atom is 0.191 e. The molecule has 0 bridgehead atoms. The molecule has 2 aromatic heterocycles. The zero-order valence-corrected chi connectivity index (χ0v) is 21.7. The van der Waals surface area contributed by atoms with Gasteiger partial charge in [-0.15, -0.1) is 24.0 Å².